The number of benzene rings is 4. The molecule has 0 radical (unpaired) electrons. The van der Waals surface area contributed by atoms with Crippen LogP contribution in [-0.4, -0.2) is 25.6 Å². The van der Waals surface area contributed by atoms with Crippen molar-refractivity contribution < 1.29 is 13.2 Å². The van der Waals surface area contributed by atoms with Crippen LogP contribution in [0.25, 0.3) is 10.2 Å². The topological polar surface area (TPSA) is 67.3 Å². The molecule has 4 aromatic carbocycles. The number of amides is 1. The lowest BCUT2D eigenvalue weighted by Crippen LogP contribution is -2.35. The van der Waals surface area contributed by atoms with Crippen molar-refractivity contribution in [1.82, 2.24) is 4.98 Å². The Morgan fingerprint density at radius 1 is 0.833 bits per heavy atom. The number of carbonyl (C=O) groups is 1. The molecule has 1 amide bonds. The first-order chi connectivity index (χ1) is 17.4. The van der Waals surface area contributed by atoms with Gasteiger partial charge in [-0.05, 0) is 34.9 Å². The van der Waals surface area contributed by atoms with Crippen LogP contribution in [0.2, 0.25) is 0 Å². The second-order valence-electron chi connectivity index (χ2n) is 8.56. The van der Waals surface area contributed by atoms with Gasteiger partial charge in [0, 0.05) is 6.26 Å². The molecule has 180 valence electrons. The fraction of sp³-hybridized carbons (Fsp3) is 0.103. The van der Waals surface area contributed by atoms with E-state index in [1.54, 1.807) is 23.1 Å². The smallest absolute Gasteiger partial charge is 0.241 e. The first kappa shape index (κ1) is 23.9. The summed E-state index contributed by atoms with van der Waals surface area (Å²) in [5.74, 6) is -0.617. The van der Waals surface area contributed by atoms with Gasteiger partial charge in [0.2, 0.25) is 5.91 Å². The van der Waals surface area contributed by atoms with Crippen LogP contribution < -0.4 is 4.90 Å². The maximum absolute atomic E-state index is 14.3. The highest BCUT2D eigenvalue weighted by atomic mass is 32.2. The van der Waals surface area contributed by atoms with Gasteiger partial charge in [-0.3, -0.25) is 9.69 Å². The maximum Gasteiger partial charge on any atom is 0.241 e. The van der Waals surface area contributed by atoms with Gasteiger partial charge in [-0.15, -0.1) is 0 Å². The van der Waals surface area contributed by atoms with Crippen molar-refractivity contribution in [3.8, 4) is 0 Å². The first-order valence-corrected chi connectivity index (χ1v) is 14.2. The molecule has 36 heavy (non-hydrogen) atoms. The Hall–Kier alpha value is -3.81. The quantitative estimate of drug-likeness (QED) is 0.266. The van der Waals surface area contributed by atoms with E-state index in [-0.39, 0.29) is 10.8 Å². The van der Waals surface area contributed by atoms with Crippen LogP contribution in [0.3, 0.4) is 0 Å². The van der Waals surface area contributed by atoms with E-state index in [0.29, 0.717) is 17.2 Å². The van der Waals surface area contributed by atoms with Crippen LogP contribution in [0.15, 0.2) is 114 Å². The molecule has 0 fully saturated rings. The zero-order chi connectivity index (χ0) is 25.1. The van der Waals surface area contributed by atoms with Crippen LogP contribution in [0.4, 0.5) is 5.13 Å². The number of aromatic nitrogens is 1. The lowest BCUT2D eigenvalue weighted by Gasteiger charge is -2.26. The van der Waals surface area contributed by atoms with Gasteiger partial charge >= 0.3 is 0 Å². The normalized spacial score (nSPS) is 11.6. The van der Waals surface area contributed by atoms with Crippen molar-refractivity contribution in [1.29, 1.82) is 0 Å². The molecule has 0 spiro atoms. The third-order valence-electron chi connectivity index (χ3n) is 5.97. The molecule has 1 aromatic heterocycles. The minimum Gasteiger partial charge on any atom is -0.283 e. The van der Waals surface area contributed by atoms with Crippen molar-refractivity contribution in [2.45, 2.75) is 17.4 Å². The number of carbonyl (C=O) groups excluding carboxylic acids is 1. The molecule has 5 aromatic rings. The molecule has 0 atom stereocenters. The van der Waals surface area contributed by atoms with Crippen molar-refractivity contribution in [3.05, 3.63) is 126 Å². The molecule has 0 saturated heterocycles. The van der Waals surface area contributed by atoms with Gasteiger partial charge in [-0.2, -0.15) is 0 Å². The maximum atomic E-state index is 14.3. The third-order valence-corrected chi connectivity index (χ3v) is 8.12. The number of fused-ring (bicyclic) bond motifs is 1. The average Bonchev–Trinajstić information content (AvgIpc) is 3.32. The highest BCUT2D eigenvalue weighted by Crippen LogP contribution is 2.35. The van der Waals surface area contributed by atoms with E-state index in [4.69, 9.17) is 4.98 Å². The zero-order valence-electron chi connectivity index (χ0n) is 19.6. The summed E-state index contributed by atoms with van der Waals surface area (Å²) in [5.41, 5.74) is 3.42. The summed E-state index contributed by atoms with van der Waals surface area (Å²) in [4.78, 5) is 21.0. The van der Waals surface area contributed by atoms with Crippen LogP contribution >= 0.6 is 11.3 Å². The van der Waals surface area contributed by atoms with Gasteiger partial charge in [0.1, 0.15) is 0 Å². The van der Waals surface area contributed by atoms with E-state index in [1.807, 2.05) is 91.0 Å². The summed E-state index contributed by atoms with van der Waals surface area (Å²) in [6, 6.07) is 34.1. The molecule has 0 aliphatic carbocycles. The van der Waals surface area contributed by atoms with E-state index in [9.17, 15) is 13.2 Å². The zero-order valence-corrected chi connectivity index (χ0v) is 21.2. The van der Waals surface area contributed by atoms with Crippen molar-refractivity contribution in [3.63, 3.8) is 0 Å². The van der Waals surface area contributed by atoms with Crippen molar-refractivity contribution in [2.75, 3.05) is 11.2 Å². The Morgan fingerprint density at radius 2 is 1.39 bits per heavy atom. The fourth-order valence-corrected chi connectivity index (χ4v) is 5.90. The van der Waals surface area contributed by atoms with Gasteiger partial charge in [0.15, 0.2) is 15.0 Å². The fourth-order valence-electron chi connectivity index (χ4n) is 4.17. The molecular formula is C29H24N2O3S2. The third kappa shape index (κ3) is 5.08. The number of rotatable bonds is 7. The molecule has 0 saturated carbocycles. The van der Waals surface area contributed by atoms with E-state index < -0.39 is 15.8 Å². The molecule has 0 aliphatic heterocycles. The number of sulfone groups is 1. The Labute approximate surface area is 214 Å². The second-order valence-corrected chi connectivity index (χ2v) is 11.6. The number of hydrogen-bond donors (Lipinski definition) is 0. The summed E-state index contributed by atoms with van der Waals surface area (Å²) in [6.45, 7) is 0.342. The average molecular weight is 513 g/mol. The van der Waals surface area contributed by atoms with Gasteiger partial charge < -0.3 is 0 Å². The van der Waals surface area contributed by atoms with Crippen molar-refractivity contribution >= 4 is 42.4 Å². The molecule has 0 aliphatic rings. The van der Waals surface area contributed by atoms with Gasteiger partial charge in [0.25, 0.3) is 0 Å². The SMILES string of the molecule is CS(=O)(=O)c1ccc2nc(N(Cc3ccccc3)C(=O)C(c3ccccc3)c3ccccc3)sc2c1. The Bertz CT molecular complexity index is 1560. The van der Waals surface area contributed by atoms with Crippen molar-refractivity contribution in [2.24, 2.45) is 0 Å². The predicted molar refractivity (Wildman–Crippen MR) is 145 cm³/mol. The number of hydrogen-bond acceptors (Lipinski definition) is 5. The second kappa shape index (κ2) is 10.0. The molecule has 7 heteroatoms. The Kier molecular flexibility index (Phi) is 6.67. The van der Waals surface area contributed by atoms with Gasteiger partial charge in [-0.25, -0.2) is 13.4 Å². The Morgan fingerprint density at radius 3 is 1.94 bits per heavy atom. The summed E-state index contributed by atoms with van der Waals surface area (Å²) < 4.78 is 24.9. The minimum atomic E-state index is -3.36. The summed E-state index contributed by atoms with van der Waals surface area (Å²) in [7, 11) is -3.36. The highest BCUT2D eigenvalue weighted by Gasteiger charge is 2.30. The Balaban J connectivity index is 1.63. The molecule has 5 rings (SSSR count). The number of anilines is 1. The highest BCUT2D eigenvalue weighted by molar-refractivity contribution is 7.90. The molecule has 0 bridgehead atoms. The number of nitrogens with zero attached hydrogens (tertiary/aromatic N) is 2. The number of thiazole rings is 1. The monoisotopic (exact) mass is 512 g/mol. The van der Waals surface area contributed by atoms with E-state index >= 15 is 0 Å². The van der Waals surface area contributed by atoms with E-state index in [1.165, 1.54) is 17.6 Å². The van der Waals surface area contributed by atoms with Crippen LogP contribution in [0.5, 0.6) is 0 Å². The first-order valence-electron chi connectivity index (χ1n) is 11.5. The molecule has 1 heterocycles. The lowest BCUT2D eigenvalue weighted by molar-refractivity contribution is -0.119. The van der Waals surface area contributed by atoms with E-state index in [0.717, 1.165) is 21.4 Å². The summed E-state index contributed by atoms with van der Waals surface area (Å²) in [5, 5.41) is 0.529. The minimum absolute atomic E-state index is 0.0985. The standard InChI is InChI=1S/C29H24N2O3S2/c1-36(33,34)24-17-18-25-26(19-24)35-29(30-25)31(20-21-11-5-2-6-12-21)28(32)27(22-13-7-3-8-14-22)23-15-9-4-10-16-23/h2-19,27H,20H2,1H3. The molecule has 0 N–H and O–H groups in total. The summed E-state index contributed by atoms with van der Waals surface area (Å²) in [6.07, 6.45) is 1.19. The van der Waals surface area contributed by atoms with Gasteiger partial charge in [-0.1, -0.05) is 102 Å². The van der Waals surface area contributed by atoms with Crippen LogP contribution in [0, 0.1) is 0 Å². The van der Waals surface area contributed by atoms with Gasteiger partial charge in [0.05, 0.1) is 27.6 Å². The van der Waals surface area contributed by atoms with Crippen LogP contribution in [0.1, 0.15) is 22.6 Å². The lowest BCUT2D eigenvalue weighted by atomic mass is 9.90. The van der Waals surface area contributed by atoms with E-state index in [2.05, 4.69) is 0 Å². The molecule has 0 unspecified atom stereocenters. The molecular weight excluding hydrogens is 488 g/mol. The summed E-state index contributed by atoms with van der Waals surface area (Å²) >= 11 is 1.32. The largest absolute Gasteiger partial charge is 0.283 e. The van der Waals surface area contributed by atoms with Crippen LogP contribution in [-0.2, 0) is 21.2 Å². The molecule has 5 nitrogen and oxygen atoms in total. The predicted octanol–water partition coefficient (Wildman–Crippen LogP) is 6.07.